The lowest BCUT2D eigenvalue weighted by Gasteiger charge is -2.46. The zero-order valence-electron chi connectivity index (χ0n) is 20.0. The maximum absolute atomic E-state index is 13.7. The molecule has 6 heteroatoms. The smallest absolute Gasteiger partial charge is 0.250 e. The van der Waals surface area contributed by atoms with Crippen LogP contribution in [0.4, 0.5) is 0 Å². The summed E-state index contributed by atoms with van der Waals surface area (Å²) in [5.41, 5.74) is 4.89. The number of methoxy groups -OCH3 is 2. The summed E-state index contributed by atoms with van der Waals surface area (Å²) >= 11 is 0. The highest BCUT2D eigenvalue weighted by Gasteiger charge is 2.39. The fraction of sp³-hybridized carbons (Fsp3) is 0.357. The second-order valence-corrected chi connectivity index (χ2v) is 9.15. The Balaban J connectivity index is 1.43. The first-order chi connectivity index (χ1) is 16.6. The number of fused-ring (bicyclic) bond motifs is 1. The number of amides is 1. The topological polar surface area (TPSA) is 56.6 Å². The van der Waals surface area contributed by atoms with Gasteiger partial charge in [-0.1, -0.05) is 18.2 Å². The van der Waals surface area contributed by atoms with Crippen molar-refractivity contribution in [2.24, 2.45) is 0 Å². The van der Waals surface area contributed by atoms with Crippen molar-refractivity contribution >= 4 is 12.0 Å². The van der Waals surface area contributed by atoms with E-state index < -0.39 is 0 Å². The molecule has 34 heavy (non-hydrogen) atoms. The number of aromatic nitrogens is 2. The van der Waals surface area contributed by atoms with Gasteiger partial charge < -0.3 is 18.9 Å². The van der Waals surface area contributed by atoms with Crippen LogP contribution in [-0.2, 0) is 4.79 Å². The number of aryl methyl sites for hydroxylation is 1. The molecule has 0 spiro atoms. The van der Waals surface area contributed by atoms with E-state index in [0.29, 0.717) is 6.04 Å². The van der Waals surface area contributed by atoms with Crippen molar-refractivity contribution in [2.45, 2.75) is 51.1 Å². The summed E-state index contributed by atoms with van der Waals surface area (Å²) < 4.78 is 12.9. The predicted molar refractivity (Wildman–Crippen MR) is 132 cm³/mol. The lowest BCUT2D eigenvalue weighted by atomic mass is 9.84. The Labute approximate surface area is 200 Å². The number of hydrogen-bond acceptors (Lipinski definition) is 4. The molecule has 2 atom stereocenters. The number of imidazole rings is 1. The molecule has 0 radical (unpaired) electrons. The molecule has 2 fully saturated rings. The summed E-state index contributed by atoms with van der Waals surface area (Å²) in [7, 11) is 3.35. The van der Waals surface area contributed by atoms with Crippen LogP contribution in [0.5, 0.6) is 11.5 Å². The predicted octanol–water partition coefficient (Wildman–Crippen LogP) is 5.50. The number of carbonyl (C=O) groups excluding carboxylic acids is 1. The second kappa shape index (κ2) is 9.37. The van der Waals surface area contributed by atoms with Gasteiger partial charge in [0.05, 0.1) is 38.0 Å². The fourth-order valence-electron chi connectivity index (χ4n) is 5.30. The number of hydrogen-bond donors (Lipinski definition) is 0. The molecule has 3 heterocycles. The molecule has 0 saturated carbocycles. The molecule has 2 saturated heterocycles. The van der Waals surface area contributed by atoms with Gasteiger partial charge in [0.2, 0.25) is 0 Å². The molecule has 2 aromatic carbocycles. The van der Waals surface area contributed by atoms with Crippen LogP contribution in [0.25, 0.3) is 11.8 Å². The number of benzene rings is 2. The highest BCUT2D eigenvalue weighted by atomic mass is 16.5. The highest BCUT2D eigenvalue weighted by molar-refractivity contribution is 5.99. The SMILES string of the molecule is COc1ccc([C@H]2CCC[C@H]3CC/C(=C\c4ccc(-n5cnc(C)c5)c(OC)c4)C(=O)N32)cc1. The second-order valence-electron chi connectivity index (χ2n) is 9.15. The Morgan fingerprint density at radius 1 is 1.03 bits per heavy atom. The van der Waals surface area contributed by atoms with Crippen LogP contribution in [0.1, 0.15) is 55.0 Å². The van der Waals surface area contributed by atoms with E-state index in [1.54, 1.807) is 20.5 Å². The molecule has 0 aliphatic carbocycles. The molecule has 0 N–H and O–H groups in total. The normalized spacial score (nSPS) is 21.4. The molecule has 2 aliphatic rings. The van der Waals surface area contributed by atoms with Crippen molar-refractivity contribution in [1.82, 2.24) is 14.5 Å². The Bertz CT molecular complexity index is 1210. The summed E-state index contributed by atoms with van der Waals surface area (Å²) in [4.78, 5) is 20.2. The minimum absolute atomic E-state index is 0.113. The Kier molecular flexibility index (Phi) is 6.14. The summed E-state index contributed by atoms with van der Waals surface area (Å²) in [6, 6.07) is 14.6. The Morgan fingerprint density at radius 3 is 2.56 bits per heavy atom. The largest absolute Gasteiger partial charge is 0.497 e. The third-order valence-electron chi connectivity index (χ3n) is 7.04. The van der Waals surface area contributed by atoms with Gasteiger partial charge in [-0.05, 0) is 80.5 Å². The molecule has 3 aromatic rings. The Hall–Kier alpha value is -3.54. The third-order valence-corrected chi connectivity index (χ3v) is 7.04. The van der Waals surface area contributed by atoms with Gasteiger partial charge in [0, 0.05) is 17.8 Å². The van der Waals surface area contributed by atoms with Crippen LogP contribution in [0, 0.1) is 6.92 Å². The van der Waals surface area contributed by atoms with Gasteiger partial charge in [0.1, 0.15) is 11.5 Å². The number of carbonyl (C=O) groups is 1. The van der Waals surface area contributed by atoms with Gasteiger partial charge >= 0.3 is 0 Å². The van der Waals surface area contributed by atoms with E-state index in [1.807, 2.05) is 54.1 Å². The third kappa shape index (κ3) is 4.20. The van der Waals surface area contributed by atoms with Crippen LogP contribution >= 0.6 is 0 Å². The molecule has 176 valence electrons. The highest BCUT2D eigenvalue weighted by Crippen LogP contribution is 2.41. The van der Waals surface area contributed by atoms with Crippen molar-refractivity contribution in [3.8, 4) is 17.2 Å². The van der Waals surface area contributed by atoms with E-state index >= 15 is 0 Å². The fourth-order valence-corrected chi connectivity index (χ4v) is 5.30. The lowest BCUT2D eigenvalue weighted by Crippen LogP contribution is -2.49. The first-order valence-electron chi connectivity index (χ1n) is 11.9. The van der Waals surface area contributed by atoms with Crippen LogP contribution in [0.3, 0.4) is 0 Å². The minimum Gasteiger partial charge on any atom is -0.497 e. The van der Waals surface area contributed by atoms with Gasteiger partial charge in [-0.3, -0.25) is 4.79 Å². The molecule has 0 bridgehead atoms. The number of rotatable bonds is 5. The minimum atomic E-state index is 0.113. The maximum atomic E-state index is 13.7. The molecule has 1 amide bonds. The zero-order chi connectivity index (χ0) is 23.7. The van der Waals surface area contributed by atoms with Crippen LogP contribution < -0.4 is 9.47 Å². The number of piperidine rings is 2. The van der Waals surface area contributed by atoms with E-state index in [9.17, 15) is 4.79 Å². The first kappa shape index (κ1) is 22.3. The van der Waals surface area contributed by atoms with Crippen LogP contribution in [0.2, 0.25) is 0 Å². The van der Waals surface area contributed by atoms with Crippen molar-refractivity contribution < 1.29 is 14.3 Å². The van der Waals surface area contributed by atoms with Gasteiger partial charge in [-0.2, -0.15) is 0 Å². The van der Waals surface area contributed by atoms with Crippen molar-refractivity contribution in [2.75, 3.05) is 14.2 Å². The molecule has 1 aromatic heterocycles. The van der Waals surface area contributed by atoms with Crippen LogP contribution in [-0.4, -0.2) is 40.6 Å². The molecule has 2 aliphatic heterocycles. The summed E-state index contributed by atoms with van der Waals surface area (Å²) in [5.74, 6) is 1.75. The zero-order valence-corrected chi connectivity index (χ0v) is 20.0. The Morgan fingerprint density at radius 2 is 1.85 bits per heavy atom. The van der Waals surface area contributed by atoms with E-state index in [1.165, 1.54) is 5.56 Å². The quantitative estimate of drug-likeness (QED) is 0.475. The van der Waals surface area contributed by atoms with E-state index in [-0.39, 0.29) is 11.9 Å². The summed E-state index contributed by atoms with van der Waals surface area (Å²) in [6.07, 6.45) is 10.8. The average Bonchev–Trinajstić information content (AvgIpc) is 3.31. The summed E-state index contributed by atoms with van der Waals surface area (Å²) in [6.45, 7) is 1.96. The van der Waals surface area contributed by atoms with Gasteiger partial charge in [-0.25, -0.2) is 4.98 Å². The molecular formula is C28H31N3O3. The van der Waals surface area contributed by atoms with E-state index in [2.05, 4.69) is 22.0 Å². The number of ether oxygens (including phenoxy) is 2. The molecule has 5 rings (SSSR count). The van der Waals surface area contributed by atoms with Gasteiger partial charge in [0.15, 0.2) is 0 Å². The average molecular weight is 458 g/mol. The van der Waals surface area contributed by atoms with Gasteiger partial charge in [0.25, 0.3) is 5.91 Å². The van der Waals surface area contributed by atoms with Crippen molar-refractivity contribution in [1.29, 1.82) is 0 Å². The standard InChI is InChI=1S/C28H31N3O3/c1-19-17-30(18-29-19)26-14-7-20(16-27(26)34-3)15-22-8-11-23-5-4-6-25(31(23)28(22)32)21-9-12-24(33-2)13-10-21/h7,9-10,12-18,23,25H,4-6,8,11H2,1-3H3/b22-15+/t23-,25+/m0/s1. The van der Waals surface area contributed by atoms with Crippen molar-refractivity contribution in [3.05, 3.63) is 77.4 Å². The van der Waals surface area contributed by atoms with E-state index in [0.717, 1.165) is 66.1 Å². The molecule has 6 nitrogen and oxygen atoms in total. The van der Waals surface area contributed by atoms with Crippen molar-refractivity contribution in [3.63, 3.8) is 0 Å². The maximum Gasteiger partial charge on any atom is 0.250 e. The first-order valence-corrected chi connectivity index (χ1v) is 11.9. The summed E-state index contributed by atoms with van der Waals surface area (Å²) in [5, 5.41) is 0. The lowest BCUT2D eigenvalue weighted by molar-refractivity contribution is -0.136. The van der Waals surface area contributed by atoms with E-state index in [4.69, 9.17) is 9.47 Å². The molecule has 0 unspecified atom stereocenters. The number of nitrogens with zero attached hydrogens (tertiary/aromatic N) is 3. The molecular weight excluding hydrogens is 426 g/mol. The monoisotopic (exact) mass is 457 g/mol. The van der Waals surface area contributed by atoms with Gasteiger partial charge in [-0.15, -0.1) is 0 Å². The van der Waals surface area contributed by atoms with Crippen LogP contribution in [0.15, 0.2) is 60.6 Å².